The van der Waals surface area contributed by atoms with E-state index < -0.39 is 7.14 Å². The van der Waals surface area contributed by atoms with E-state index in [9.17, 15) is 0 Å². The summed E-state index contributed by atoms with van der Waals surface area (Å²) < 4.78 is 16.2. The van der Waals surface area contributed by atoms with Gasteiger partial charge in [-0.25, -0.2) is 0 Å². The van der Waals surface area contributed by atoms with Crippen molar-refractivity contribution in [2.75, 3.05) is 0 Å². The minimum atomic E-state index is -3.09. The maximum Gasteiger partial charge on any atom is 0.180 e. The first-order valence-corrected chi connectivity index (χ1v) is 20.5. The quantitative estimate of drug-likeness (QED) is 0.124. The van der Waals surface area contributed by atoms with Crippen LogP contribution in [0.25, 0.3) is 75.8 Å². The maximum atomic E-state index is 15.3. The molecule has 1 heterocycles. The Morgan fingerprint density at radius 1 is 0.358 bits per heavy atom. The maximum absolute atomic E-state index is 15.3. The zero-order chi connectivity index (χ0) is 35.4. The molecule has 53 heavy (non-hydrogen) atoms. The molecule has 0 atom stereocenters. The van der Waals surface area contributed by atoms with Gasteiger partial charge in [-0.3, -0.25) is 0 Å². The first kappa shape index (κ1) is 31.7. The third-order valence-corrected chi connectivity index (χ3v) is 15.4. The van der Waals surface area contributed by atoms with E-state index in [4.69, 9.17) is 0 Å². The van der Waals surface area contributed by atoms with Gasteiger partial charge in [0.25, 0.3) is 0 Å². The van der Waals surface area contributed by atoms with Gasteiger partial charge < -0.3 is 4.57 Å². The highest BCUT2D eigenvalue weighted by Gasteiger charge is 2.31. The van der Waals surface area contributed by atoms with Crippen LogP contribution < -0.4 is 15.2 Å². The SMILES string of the molecule is O=P(c1ccccc1)(c1ccccc1)c1ccc(-c2ccc3c(-c4cccc5ccccc45)c4ccccc4c(-c4cccc5ccccc45)c3c2)s1. The lowest BCUT2D eigenvalue weighted by Gasteiger charge is -2.20. The third-order valence-electron chi connectivity index (χ3n) is 10.6. The van der Waals surface area contributed by atoms with Crippen LogP contribution in [0.1, 0.15) is 0 Å². The Bertz CT molecular complexity index is 2980. The number of benzene rings is 9. The molecule has 0 aliphatic heterocycles. The second-order valence-electron chi connectivity index (χ2n) is 13.5. The lowest BCUT2D eigenvalue weighted by Crippen LogP contribution is -2.22. The van der Waals surface area contributed by atoms with Gasteiger partial charge in [0.2, 0.25) is 0 Å². The fourth-order valence-corrected chi connectivity index (χ4v) is 12.6. The van der Waals surface area contributed by atoms with E-state index in [1.54, 1.807) is 11.3 Å². The van der Waals surface area contributed by atoms with Gasteiger partial charge in [0.15, 0.2) is 7.14 Å². The summed E-state index contributed by atoms with van der Waals surface area (Å²) in [5.41, 5.74) is 6.03. The van der Waals surface area contributed by atoms with Crippen LogP contribution in [0.15, 0.2) is 200 Å². The zero-order valence-electron chi connectivity index (χ0n) is 28.8. The first-order chi connectivity index (χ1) is 26.2. The van der Waals surface area contributed by atoms with Gasteiger partial charge in [0.05, 0.1) is 4.62 Å². The summed E-state index contributed by atoms with van der Waals surface area (Å²) in [7, 11) is -3.09. The second-order valence-corrected chi connectivity index (χ2v) is 17.6. The molecular weight excluding hydrogens is 680 g/mol. The molecule has 10 aromatic rings. The fourth-order valence-electron chi connectivity index (χ4n) is 8.13. The standard InChI is InChI=1S/C50H33OPS/c51-52(37-19-3-1-4-20-37,38-21-5-2-6-22-38)48-32-31-47(53-48)36-29-30-45-46(33-36)50(42-28-14-18-35-16-8-10-24-40(35)42)44-26-12-11-25-43(44)49(45)41-27-13-17-34-15-7-9-23-39(34)41/h1-33H. The monoisotopic (exact) mass is 712 g/mol. The summed E-state index contributed by atoms with van der Waals surface area (Å²) in [6.07, 6.45) is 0. The number of fused-ring (bicyclic) bond motifs is 4. The van der Waals surface area contributed by atoms with Crippen molar-refractivity contribution >= 4 is 76.8 Å². The number of hydrogen-bond acceptors (Lipinski definition) is 2. The molecule has 0 aliphatic carbocycles. The molecule has 0 fully saturated rings. The molecule has 0 aliphatic rings. The third kappa shape index (κ3) is 5.18. The Labute approximate surface area is 312 Å². The molecule has 0 radical (unpaired) electrons. The predicted octanol–water partition coefficient (Wildman–Crippen LogP) is 13.0. The van der Waals surface area contributed by atoms with Crippen LogP contribution in [0.2, 0.25) is 0 Å². The zero-order valence-corrected chi connectivity index (χ0v) is 30.5. The molecule has 0 spiro atoms. The fraction of sp³-hybridized carbons (Fsp3) is 0. The predicted molar refractivity (Wildman–Crippen MR) is 230 cm³/mol. The average molecular weight is 713 g/mol. The molecule has 1 aromatic heterocycles. The molecule has 0 unspecified atom stereocenters. The summed E-state index contributed by atoms with van der Waals surface area (Å²) in [6, 6.07) is 70.6. The smallest absolute Gasteiger partial charge is 0.180 e. The largest absolute Gasteiger partial charge is 0.308 e. The molecular formula is C50H33OPS. The Balaban J connectivity index is 1.27. The second kappa shape index (κ2) is 12.9. The van der Waals surface area contributed by atoms with Gasteiger partial charge in [-0.05, 0) is 89.1 Å². The van der Waals surface area contributed by atoms with Crippen LogP contribution in [0.4, 0.5) is 0 Å². The van der Waals surface area contributed by atoms with Gasteiger partial charge in [0, 0.05) is 15.5 Å². The van der Waals surface area contributed by atoms with Crippen LogP contribution >= 0.6 is 18.5 Å². The van der Waals surface area contributed by atoms with Crippen molar-refractivity contribution in [3.63, 3.8) is 0 Å². The van der Waals surface area contributed by atoms with Crippen LogP contribution in [0.3, 0.4) is 0 Å². The molecule has 9 aromatic carbocycles. The molecule has 250 valence electrons. The molecule has 0 bridgehead atoms. The van der Waals surface area contributed by atoms with Crippen molar-refractivity contribution in [2.45, 2.75) is 0 Å². The van der Waals surface area contributed by atoms with Gasteiger partial charge in [-0.2, -0.15) is 0 Å². The minimum Gasteiger partial charge on any atom is -0.308 e. The van der Waals surface area contributed by atoms with Crippen LogP contribution in [-0.4, -0.2) is 0 Å². The topological polar surface area (TPSA) is 17.1 Å². The molecule has 1 nitrogen and oxygen atoms in total. The van der Waals surface area contributed by atoms with E-state index >= 15 is 4.57 Å². The Morgan fingerprint density at radius 2 is 0.811 bits per heavy atom. The lowest BCUT2D eigenvalue weighted by molar-refractivity contribution is 0.593. The summed E-state index contributed by atoms with van der Waals surface area (Å²) >= 11 is 1.64. The van der Waals surface area contributed by atoms with Gasteiger partial charge in [-0.1, -0.05) is 182 Å². The summed E-state index contributed by atoms with van der Waals surface area (Å²) in [5, 5.41) is 11.5. The molecule has 0 N–H and O–H groups in total. The van der Waals surface area contributed by atoms with Gasteiger partial charge in [-0.15, -0.1) is 11.3 Å². The highest BCUT2D eigenvalue weighted by atomic mass is 32.1. The number of hydrogen-bond donors (Lipinski definition) is 0. The normalized spacial score (nSPS) is 11.8. The van der Waals surface area contributed by atoms with Crippen molar-refractivity contribution in [3.05, 3.63) is 200 Å². The summed E-state index contributed by atoms with van der Waals surface area (Å²) in [5.74, 6) is 0. The number of rotatable bonds is 6. The van der Waals surface area contributed by atoms with Crippen LogP contribution in [0, 0.1) is 0 Å². The van der Waals surface area contributed by atoms with E-state index in [2.05, 4.69) is 140 Å². The highest BCUT2D eigenvalue weighted by molar-refractivity contribution is 7.89. The molecule has 0 saturated carbocycles. The Morgan fingerprint density at radius 3 is 1.38 bits per heavy atom. The molecule has 10 rings (SSSR count). The van der Waals surface area contributed by atoms with Crippen molar-refractivity contribution in [1.29, 1.82) is 0 Å². The Hall–Kier alpha value is -6.05. The van der Waals surface area contributed by atoms with Crippen molar-refractivity contribution in [2.24, 2.45) is 0 Å². The van der Waals surface area contributed by atoms with E-state index in [-0.39, 0.29) is 0 Å². The van der Waals surface area contributed by atoms with Gasteiger partial charge >= 0.3 is 0 Å². The van der Waals surface area contributed by atoms with E-state index in [1.165, 1.54) is 65.3 Å². The van der Waals surface area contributed by atoms with Crippen LogP contribution in [0.5, 0.6) is 0 Å². The van der Waals surface area contributed by atoms with E-state index in [1.807, 2.05) is 60.7 Å². The lowest BCUT2D eigenvalue weighted by atomic mass is 9.83. The van der Waals surface area contributed by atoms with Crippen LogP contribution in [-0.2, 0) is 4.57 Å². The first-order valence-electron chi connectivity index (χ1n) is 18.0. The average Bonchev–Trinajstić information content (AvgIpc) is 3.74. The molecule has 0 amide bonds. The molecule has 0 saturated heterocycles. The van der Waals surface area contributed by atoms with E-state index in [0.29, 0.717) is 0 Å². The number of thiophene rings is 1. The van der Waals surface area contributed by atoms with E-state index in [0.717, 1.165) is 25.7 Å². The minimum absolute atomic E-state index is 0.850. The van der Waals surface area contributed by atoms with Crippen molar-refractivity contribution in [3.8, 4) is 32.7 Å². The molecule has 3 heteroatoms. The van der Waals surface area contributed by atoms with Crippen molar-refractivity contribution < 1.29 is 4.57 Å². The highest BCUT2D eigenvalue weighted by Crippen LogP contribution is 2.49. The Kier molecular flexibility index (Phi) is 7.69. The van der Waals surface area contributed by atoms with Gasteiger partial charge in [0.1, 0.15) is 0 Å². The van der Waals surface area contributed by atoms with Crippen molar-refractivity contribution in [1.82, 2.24) is 0 Å². The summed E-state index contributed by atoms with van der Waals surface area (Å²) in [4.78, 5) is 1.10. The summed E-state index contributed by atoms with van der Waals surface area (Å²) in [6.45, 7) is 0.